The molecule has 2 aromatic rings. The Morgan fingerprint density at radius 3 is 2.31 bits per heavy atom. The van der Waals surface area contributed by atoms with Crippen molar-refractivity contribution in [2.24, 2.45) is 0 Å². The number of nitrogens with zero attached hydrogens (tertiary/aromatic N) is 1. The molecule has 0 spiro atoms. The van der Waals surface area contributed by atoms with Crippen molar-refractivity contribution in [1.29, 1.82) is 5.41 Å². The topological polar surface area (TPSA) is 121 Å². The van der Waals surface area contributed by atoms with E-state index < -0.39 is 11.7 Å². The number of hydrogen-bond donors (Lipinski definition) is 3. The Bertz CT molecular complexity index is 1270. The molecule has 2 aromatic carbocycles. The van der Waals surface area contributed by atoms with E-state index in [-0.39, 0.29) is 30.7 Å². The van der Waals surface area contributed by atoms with Crippen LogP contribution >= 0.6 is 0 Å². The molecule has 0 aromatic heterocycles. The van der Waals surface area contributed by atoms with Crippen LogP contribution in [-0.2, 0) is 19.1 Å². The minimum absolute atomic E-state index is 0.0469. The molecule has 208 valence electrons. The summed E-state index contributed by atoms with van der Waals surface area (Å²) >= 11 is 0. The van der Waals surface area contributed by atoms with Crippen molar-refractivity contribution in [2.45, 2.75) is 60.0 Å². The van der Waals surface area contributed by atoms with Crippen LogP contribution in [0.2, 0.25) is 0 Å². The highest BCUT2D eigenvalue weighted by molar-refractivity contribution is 6.04. The van der Waals surface area contributed by atoms with Gasteiger partial charge in [0.25, 0.3) is 0 Å². The van der Waals surface area contributed by atoms with Crippen LogP contribution in [-0.4, -0.2) is 49.6 Å². The second-order valence-corrected chi connectivity index (χ2v) is 9.91. The number of amidine groups is 1. The second-order valence-electron chi connectivity index (χ2n) is 9.91. The molecule has 3 N–H and O–H groups in total. The highest BCUT2D eigenvalue weighted by Gasteiger charge is 2.19. The molecular weight excluding hydrogens is 496 g/mol. The van der Waals surface area contributed by atoms with Crippen LogP contribution in [0.5, 0.6) is 0 Å². The molecule has 0 aliphatic heterocycles. The third-order valence-corrected chi connectivity index (χ3v) is 5.61. The molecule has 0 aliphatic carbocycles. The molecule has 9 nitrogen and oxygen atoms in total. The molecule has 0 fully saturated rings. The van der Waals surface area contributed by atoms with Crippen LogP contribution in [0.15, 0.2) is 36.4 Å². The predicted molar refractivity (Wildman–Crippen MR) is 153 cm³/mol. The van der Waals surface area contributed by atoms with Gasteiger partial charge >= 0.3 is 12.1 Å². The van der Waals surface area contributed by atoms with E-state index in [9.17, 15) is 14.4 Å². The zero-order valence-electron chi connectivity index (χ0n) is 23.8. The summed E-state index contributed by atoms with van der Waals surface area (Å²) in [5.41, 5.74) is 4.16. The average molecular weight is 535 g/mol. The lowest BCUT2D eigenvalue weighted by atomic mass is 10.0. The van der Waals surface area contributed by atoms with Crippen LogP contribution < -0.4 is 15.5 Å². The maximum absolute atomic E-state index is 12.6. The number of aryl methyl sites for hydroxylation is 2. The molecular formula is C30H38N4O5. The smallest absolute Gasteiger partial charge is 0.413 e. The first-order valence-electron chi connectivity index (χ1n) is 12.7. The maximum atomic E-state index is 12.6. The summed E-state index contributed by atoms with van der Waals surface area (Å²) in [6.07, 6.45) is -0.222. The average Bonchev–Trinajstić information content (AvgIpc) is 2.87. The van der Waals surface area contributed by atoms with Crippen molar-refractivity contribution in [2.75, 3.05) is 30.4 Å². The number of alkyl carbamates (subject to hydrolysis) is 1. The lowest BCUT2D eigenvalue weighted by Crippen LogP contribution is -2.36. The van der Waals surface area contributed by atoms with Crippen molar-refractivity contribution >= 4 is 35.2 Å². The fraction of sp³-hybridized carbons (Fsp3) is 0.400. The Balaban J connectivity index is 2.03. The fourth-order valence-electron chi connectivity index (χ4n) is 3.62. The lowest BCUT2D eigenvalue weighted by Gasteiger charge is -2.24. The Morgan fingerprint density at radius 2 is 1.72 bits per heavy atom. The first-order valence-corrected chi connectivity index (χ1v) is 12.7. The molecule has 0 unspecified atom stereocenters. The summed E-state index contributed by atoms with van der Waals surface area (Å²) in [6, 6.07) is 10.9. The Morgan fingerprint density at radius 1 is 1.05 bits per heavy atom. The van der Waals surface area contributed by atoms with Gasteiger partial charge in [0.1, 0.15) is 11.4 Å². The maximum Gasteiger partial charge on any atom is 0.413 e. The number of rotatable bonds is 8. The summed E-state index contributed by atoms with van der Waals surface area (Å²) < 4.78 is 9.90. The highest BCUT2D eigenvalue weighted by atomic mass is 16.6. The van der Waals surface area contributed by atoms with Crippen LogP contribution in [0.4, 0.5) is 16.2 Å². The molecule has 9 heteroatoms. The van der Waals surface area contributed by atoms with Gasteiger partial charge in [0.05, 0.1) is 20.1 Å². The molecule has 0 aliphatic rings. The lowest BCUT2D eigenvalue weighted by molar-refractivity contribution is -0.140. The number of carbonyl (C=O) groups is 3. The van der Waals surface area contributed by atoms with Crippen molar-refractivity contribution in [3.05, 3.63) is 58.7 Å². The first-order chi connectivity index (χ1) is 18.3. The van der Waals surface area contributed by atoms with Crippen molar-refractivity contribution in [1.82, 2.24) is 5.32 Å². The van der Waals surface area contributed by atoms with E-state index >= 15 is 0 Å². The predicted octanol–water partition coefficient (Wildman–Crippen LogP) is 4.92. The van der Waals surface area contributed by atoms with Gasteiger partial charge in [0, 0.05) is 35.5 Å². The van der Waals surface area contributed by atoms with Gasteiger partial charge in [-0.2, -0.15) is 0 Å². The van der Waals surface area contributed by atoms with Crippen molar-refractivity contribution < 1.29 is 23.9 Å². The molecule has 2 amide bonds. The number of amides is 2. The standard InChI is InChI=1S/C30H38N4O5/c1-8-26(35)34(17-15-27(36)38-7)25-19-20(2)23(18-21(25)3)10-9-16-32-24-13-11-22(12-14-24)28(31)33-29(37)39-30(4,5)6/h11-14,18-19,32H,8,15-17H2,1-7H3,(H2,31,33,37). The number of nitrogens with one attached hydrogen (secondary N) is 3. The highest BCUT2D eigenvalue weighted by Crippen LogP contribution is 2.25. The summed E-state index contributed by atoms with van der Waals surface area (Å²) in [5.74, 6) is 5.82. The van der Waals surface area contributed by atoms with Crippen LogP contribution in [0.25, 0.3) is 0 Å². The monoisotopic (exact) mass is 534 g/mol. The summed E-state index contributed by atoms with van der Waals surface area (Å²) in [4.78, 5) is 37.7. The quantitative estimate of drug-likeness (QED) is 0.191. The second kappa shape index (κ2) is 14.0. The SMILES string of the molecule is CCC(=O)N(CCC(=O)OC)c1cc(C)c(C#CCNc2ccc(C(=N)NC(=O)OC(C)(C)C)cc2)cc1C. The van der Waals surface area contributed by atoms with Crippen LogP contribution in [0, 0.1) is 31.1 Å². The minimum Gasteiger partial charge on any atom is -0.469 e. The van der Waals surface area contributed by atoms with E-state index in [0.717, 1.165) is 28.1 Å². The molecule has 0 saturated carbocycles. The number of carbonyl (C=O) groups excluding carboxylic acids is 3. The number of esters is 1. The number of methoxy groups -OCH3 is 1. The van der Waals surface area contributed by atoms with E-state index in [4.69, 9.17) is 14.9 Å². The Hall–Kier alpha value is -4.32. The number of ether oxygens (including phenoxy) is 2. The van der Waals surface area contributed by atoms with E-state index in [1.165, 1.54) is 7.11 Å². The number of hydrogen-bond acceptors (Lipinski definition) is 7. The van der Waals surface area contributed by atoms with Gasteiger partial charge in [-0.25, -0.2) is 4.79 Å². The molecule has 2 rings (SSSR count). The van der Waals surface area contributed by atoms with Gasteiger partial charge in [-0.15, -0.1) is 0 Å². The number of benzene rings is 2. The molecule has 0 atom stereocenters. The summed E-state index contributed by atoms with van der Waals surface area (Å²) in [5, 5.41) is 13.7. The third kappa shape index (κ3) is 9.82. The van der Waals surface area contributed by atoms with E-state index in [1.54, 1.807) is 56.9 Å². The van der Waals surface area contributed by atoms with E-state index in [0.29, 0.717) is 18.5 Å². The van der Waals surface area contributed by atoms with E-state index in [1.807, 2.05) is 26.0 Å². The van der Waals surface area contributed by atoms with Crippen molar-refractivity contribution in [3.8, 4) is 11.8 Å². The Labute approximate surface area is 230 Å². The molecule has 0 saturated heterocycles. The zero-order valence-corrected chi connectivity index (χ0v) is 23.8. The van der Waals surface area contributed by atoms with Gasteiger partial charge < -0.3 is 19.7 Å². The van der Waals surface area contributed by atoms with Gasteiger partial charge in [0.15, 0.2) is 0 Å². The van der Waals surface area contributed by atoms with E-state index in [2.05, 4.69) is 22.5 Å². The fourth-order valence-corrected chi connectivity index (χ4v) is 3.62. The van der Waals surface area contributed by atoms with Gasteiger partial charge in [-0.05, 0) is 82.1 Å². The zero-order chi connectivity index (χ0) is 29.2. The normalized spacial score (nSPS) is 10.5. The van der Waals surface area contributed by atoms with Crippen LogP contribution in [0.3, 0.4) is 0 Å². The minimum atomic E-state index is -0.672. The van der Waals surface area contributed by atoms with Crippen LogP contribution in [0.1, 0.15) is 62.8 Å². The molecule has 39 heavy (non-hydrogen) atoms. The first kappa shape index (κ1) is 30.9. The van der Waals surface area contributed by atoms with Crippen molar-refractivity contribution in [3.63, 3.8) is 0 Å². The molecule has 0 heterocycles. The van der Waals surface area contributed by atoms with Gasteiger partial charge in [-0.1, -0.05) is 18.8 Å². The van der Waals surface area contributed by atoms with Gasteiger partial charge in [0.2, 0.25) is 5.91 Å². The molecule has 0 radical (unpaired) electrons. The largest absolute Gasteiger partial charge is 0.469 e. The van der Waals surface area contributed by atoms with Gasteiger partial charge in [-0.3, -0.25) is 20.3 Å². The summed E-state index contributed by atoms with van der Waals surface area (Å²) in [6.45, 7) is 11.6. The molecule has 0 bridgehead atoms. The third-order valence-electron chi connectivity index (χ3n) is 5.61. The summed E-state index contributed by atoms with van der Waals surface area (Å²) in [7, 11) is 1.33. The number of anilines is 2. The Kier molecular flexibility index (Phi) is 11.1.